The standard InChI is InChI=1S/C19H19N3O5/c1-3-5-15-10-13(11-17(18(15)23)27-4-2)12-20-21-19(24)14-6-8-16(9-7-14)22(25)26/h3,6-12,23H,1,4-5H2,2H3,(H,21,24). The highest BCUT2D eigenvalue weighted by Crippen LogP contribution is 2.31. The van der Waals surface area contributed by atoms with Gasteiger partial charge in [0, 0.05) is 23.3 Å². The van der Waals surface area contributed by atoms with E-state index in [-0.39, 0.29) is 17.0 Å². The van der Waals surface area contributed by atoms with E-state index < -0.39 is 10.8 Å². The molecule has 2 aromatic rings. The number of ether oxygens (including phenoxy) is 1. The average molecular weight is 369 g/mol. The van der Waals surface area contributed by atoms with E-state index in [4.69, 9.17) is 4.74 Å². The maximum atomic E-state index is 12.0. The first kappa shape index (κ1) is 19.6. The molecule has 0 atom stereocenters. The van der Waals surface area contributed by atoms with Crippen LogP contribution >= 0.6 is 0 Å². The molecule has 2 rings (SSSR count). The first-order valence-corrected chi connectivity index (χ1v) is 8.13. The van der Waals surface area contributed by atoms with E-state index in [1.165, 1.54) is 30.5 Å². The van der Waals surface area contributed by atoms with Gasteiger partial charge >= 0.3 is 0 Å². The fourth-order valence-corrected chi connectivity index (χ4v) is 2.30. The summed E-state index contributed by atoms with van der Waals surface area (Å²) in [6, 6.07) is 8.49. The fraction of sp³-hybridized carbons (Fsp3) is 0.158. The smallest absolute Gasteiger partial charge is 0.271 e. The monoisotopic (exact) mass is 369 g/mol. The van der Waals surface area contributed by atoms with Gasteiger partial charge in [-0.2, -0.15) is 5.10 Å². The second kappa shape index (κ2) is 9.14. The molecule has 0 aliphatic rings. The van der Waals surface area contributed by atoms with Crippen LogP contribution in [-0.4, -0.2) is 28.8 Å². The van der Waals surface area contributed by atoms with Crippen molar-refractivity contribution in [1.29, 1.82) is 0 Å². The molecule has 0 bridgehead atoms. The summed E-state index contributed by atoms with van der Waals surface area (Å²) in [7, 11) is 0. The molecule has 8 heteroatoms. The van der Waals surface area contributed by atoms with Crippen molar-refractivity contribution in [3.05, 3.63) is 75.9 Å². The lowest BCUT2D eigenvalue weighted by molar-refractivity contribution is -0.384. The third-order valence-corrected chi connectivity index (χ3v) is 3.56. The van der Waals surface area contributed by atoms with Gasteiger partial charge in [-0.05, 0) is 43.2 Å². The summed E-state index contributed by atoms with van der Waals surface area (Å²) in [5.74, 6) is -0.139. The number of hydrazone groups is 1. The van der Waals surface area contributed by atoms with Crippen molar-refractivity contribution < 1.29 is 19.6 Å². The van der Waals surface area contributed by atoms with Crippen molar-refractivity contribution in [3.63, 3.8) is 0 Å². The Labute approximate surface area is 155 Å². The zero-order valence-electron chi connectivity index (χ0n) is 14.7. The molecule has 0 saturated heterocycles. The summed E-state index contributed by atoms with van der Waals surface area (Å²) in [5, 5.41) is 24.7. The van der Waals surface area contributed by atoms with Crippen molar-refractivity contribution in [2.45, 2.75) is 13.3 Å². The van der Waals surface area contributed by atoms with E-state index >= 15 is 0 Å². The van der Waals surface area contributed by atoms with Crippen LogP contribution in [0.4, 0.5) is 5.69 Å². The largest absolute Gasteiger partial charge is 0.504 e. The molecular formula is C19H19N3O5. The van der Waals surface area contributed by atoms with E-state index in [1.807, 2.05) is 0 Å². The van der Waals surface area contributed by atoms with Gasteiger partial charge in [-0.1, -0.05) is 6.08 Å². The number of carbonyl (C=O) groups is 1. The Bertz CT molecular complexity index is 876. The average Bonchev–Trinajstić information content (AvgIpc) is 2.65. The van der Waals surface area contributed by atoms with E-state index in [2.05, 4.69) is 17.1 Å². The van der Waals surface area contributed by atoms with Crippen LogP contribution in [0.5, 0.6) is 11.5 Å². The summed E-state index contributed by atoms with van der Waals surface area (Å²) >= 11 is 0. The highest BCUT2D eigenvalue weighted by molar-refractivity contribution is 5.95. The van der Waals surface area contributed by atoms with Gasteiger partial charge in [-0.3, -0.25) is 14.9 Å². The number of amides is 1. The predicted molar refractivity (Wildman–Crippen MR) is 101 cm³/mol. The van der Waals surface area contributed by atoms with Crippen LogP contribution in [-0.2, 0) is 6.42 Å². The SMILES string of the molecule is C=CCc1cc(C=NNC(=O)c2ccc([N+](=O)[O-])cc2)cc(OCC)c1O. The molecule has 140 valence electrons. The Balaban J connectivity index is 2.13. The molecule has 0 radical (unpaired) electrons. The first-order valence-electron chi connectivity index (χ1n) is 8.13. The van der Waals surface area contributed by atoms with Crippen molar-refractivity contribution in [3.8, 4) is 11.5 Å². The van der Waals surface area contributed by atoms with Crippen molar-refractivity contribution >= 4 is 17.8 Å². The molecule has 27 heavy (non-hydrogen) atoms. The van der Waals surface area contributed by atoms with E-state index in [0.29, 0.717) is 29.9 Å². The third kappa shape index (κ3) is 5.15. The molecular weight excluding hydrogens is 350 g/mol. The van der Waals surface area contributed by atoms with Crippen LogP contribution < -0.4 is 10.2 Å². The zero-order chi connectivity index (χ0) is 19.8. The molecule has 0 heterocycles. The lowest BCUT2D eigenvalue weighted by Gasteiger charge is -2.10. The molecule has 0 aromatic heterocycles. The highest BCUT2D eigenvalue weighted by Gasteiger charge is 2.11. The Morgan fingerprint density at radius 1 is 1.37 bits per heavy atom. The zero-order valence-corrected chi connectivity index (χ0v) is 14.7. The number of hydrogen-bond donors (Lipinski definition) is 2. The summed E-state index contributed by atoms with van der Waals surface area (Å²) in [4.78, 5) is 22.1. The summed E-state index contributed by atoms with van der Waals surface area (Å²) in [6.45, 7) is 5.84. The lowest BCUT2D eigenvalue weighted by atomic mass is 10.1. The van der Waals surface area contributed by atoms with Gasteiger partial charge in [-0.25, -0.2) is 5.43 Å². The van der Waals surface area contributed by atoms with Crippen LogP contribution in [0.2, 0.25) is 0 Å². The number of carbonyl (C=O) groups excluding carboxylic acids is 1. The van der Waals surface area contributed by atoms with Crippen LogP contribution in [0.3, 0.4) is 0 Å². The molecule has 0 fully saturated rings. The summed E-state index contributed by atoms with van der Waals surface area (Å²) in [5.41, 5.74) is 3.74. The molecule has 0 unspecified atom stereocenters. The molecule has 0 spiro atoms. The Kier molecular flexibility index (Phi) is 6.65. The Hall–Kier alpha value is -3.68. The first-order chi connectivity index (χ1) is 13.0. The lowest BCUT2D eigenvalue weighted by Crippen LogP contribution is -2.17. The molecule has 8 nitrogen and oxygen atoms in total. The van der Waals surface area contributed by atoms with Crippen molar-refractivity contribution in [2.24, 2.45) is 5.10 Å². The van der Waals surface area contributed by atoms with Crippen LogP contribution in [0.15, 0.2) is 54.2 Å². The summed E-state index contributed by atoms with van der Waals surface area (Å²) < 4.78 is 5.40. The Morgan fingerprint density at radius 2 is 2.07 bits per heavy atom. The van der Waals surface area contributed by atoms with E-state index in [1.54, 1.807) is 25.1 Å². The second-order valence-electron chi connectivity index (χ2n) is 5.46. The van der Waals surface area contributed by atoms with Crippen molar-refractivity contribution in [1.82, 2.24) is 5.43 Å². The molecule has 0 aliphatic carbocycles. The van der Waals surface area contributed by atoms with Crippen LogP contribution in [0.1, 0.15) is 28.4 Å². The predicted octanol–water partition coefficient (Wildman–Crippen LogP) is 3.19. The van der Waals surface area contributed by atoms with Gasteiger partial charge < -0.3 is 9.84 Å². The number of aromatic hydroxyl groups is 1. The fourth-order valence-electron chi connectivity index (χ4n) is 2.30. The van der Waals surface area contributed by atoms with E-state index in [0.717, 1.165) is 0 Å². The second-order valence-corrected chi connectivity index (χ2v) is 5.46. The van der Waals surface area contributed by atoms with Gasteiger partial charge in [0.1, 0.15) is 0 Å². The number of hydrogen-bond acceptors (Lipinski definition) is 6. The van der Waals surface area contributed by atoms with Crippen molar-refractivity contribution in [2.75, 3.05) is 6.61 Å². The van der Waals surface area contributed by atoms with Gasteiger partial charge in [0.25, 0.3) is 11.6 Å². The third-order valence-electron chi connectivity index (χ3n) is 3.56. The minimum atomic E-state index is -0.540. The number of phenolic OH excluding ortho intramolecular Hbond substituents is 1. The number of non-ortho nitro benzene ring substituents is 1. The van der Waals surface area contributed by atoms with Gasteiger partial charge in [0.2, 0.25) is 0 Å². The number of nitrogens with one attached hydrogen (secondary N) is 1. The maximum absolute atomic E-state index is 12.0. The number of phenols is 1. The quantitative estimate of drug-likeness (QED) is 0.321. The Morgan fingerprint density at radius 3 is 2.67 bits per heavy atom. The van der Waals surface area contributed by atoms with Crippen LogP contribution in [0.25, 0.3) is 0 Å². The molecule has 0 saturated carbocycles. The van der Waals surface area contributed by atoms with E-state index in [9.17, 15) is 20.0 Å². The molecule has 2 aromatic carbocycles. The van der Waals surface area contributed by atoms with Gasteiger partial charge in [0.15, 0.2) is 11.5 Å². The number of benzene rings is 2. The van der Waals surface area contributed by atoms with Gasteiger partial charge in [-0.15, -0.1) is 6.58 Å². The van der Waals surface area contributed by atoms with Crippen LogP contribution in [0, 0.1) is 10.1 Å². The number of nitro benzene ring substituents is 1. The number of nitrogens with zero attached hydrogens (tertiary/aromatic N) is 2. The molecule has 1 amide bonds. The highest BCUT2D eigenvalue weighted by atomic mass is 16.6. The normalized spacial score (nSPS) is 10.6. The number of allylic oxidation sites excluding steroid dienone is 1. The molecule has 0 aliphatic heterocycles. The topological polar surface area (TPSA) is 114 Å². The van der Waals surface area contributed by atoms with Gasteiger partial charge in [0.05, 0.1) is 17.7 Å². The minimum Gasteiger partial charge on any atom is -0.504 e. The number of nitro groups is 1. The molecule has 2 N–H and O–H groups in total. The minimum absolute atomic E-state index is 0.0452. The summed E-state index contributed by atoms with van der Waals surface area (Å²) in [6.07, 6.45) is 3.52. The number of rotatable bonds is 8. The maximum Gasteiger partial charge on any atom is 0.271 e.